The van der Waals surface area contributed by atoms with Crippen molar-refractivity contribution in [1.82, 2.24) is 29.2 Å². The van der Waals surface area contributed by atoms with E-state index < -0.39 is 17.1 Å². The summed E-state index contributed by atoms with van der Waals surface area (Å²) in [5.41, 5.74) is -0.350. The van der Waals surface area contributed by atoms with Crippen LogP contribution in [0, 0.1) is 5.82 Å². The van der Waals surface area contributed by atoms with Crippen molar-refractivity contribution in [3.63, 3.8) is 0 Å². The zero-order valence-corrected chi connectivity index (χ0v) is 19.9. The van der Waals surface area contributed by atoms with Crippen molar-refractivity contribution >= 4 is 11.2 Å². The second-order valence-electron chi connectivity index (χ2n) is 8.04. The average molecular weight is 479 g/mol. The molecule has 0 bridgehead atoms. The molecule has 4 aromatic rings. The summed E-state index contributed by atoms with van der Waals surface area (Å²) in [6.07, 6.45) is 0. The maximum absolute atomic E-state index is 14.2. The Morgan fingerprint density at radius 1 is 1.03 bits per heavy atom. The highest BCUT2D eigenvalue weighted by molar-refractivity contribution is 5.71. The van der Waals surface area contributed by atoms with E-state index in [4.69, 9.17) is 4.74 Å². The first-order valence-electron chi connectivity index (χ1n) is 11.5. The summed E-state index contributed by atoms with van der Waals surface area (Å²) in [5.74, 6) is 0.410. The van der Waals surface area contributed by atoms with E-state index in [1.807, 2.05) is 12.1 Å². The number of nitrogens with zero attached hydrogens (tertiary/aromatic N) is 6. The Morgan fingerprint density at radius 2 is 1.80 bits per heavy atom. The van der Waals surface area contributed by atoms with Gasteiger partial charge in [-0.05, 0) is 31.3 Å². The SMILES string of the molecule is CCN(CC)CCOc1cccc(-c2nnc3c(n2)c(=O)n(C)c(=O)n3Cc2ccccc2F)c1. The van der Waals surface area contributed by atoms with Gasteiger partial charge in [-0.25, -0.2) is 14.2 Å². The summed E-state index contributed by atoms with van der Waals surface area (Å²) in [4.78, 5) is 32.3. The summed E-state index contributed by atoms with van der Waals surface area (Å²) in [6, 6.07) is 13.3. The Bertz CT molecular complexity index is 1460. The third kappa shape index (κ3) is 5.12. The molecule has 35 heavy (non-hydrogen) atoms. The Morgan fingerprint density at radius 3 is 2.54 bits per heavy atom. The maximum atomic E-state index is 14.2. The minimum Gasteiger partial charge on any atom is -0.492 e. The fourth-order valence-electron chi connectivity index (χ4n) is 3.78. The van der Waals surface area contributed by atoms with E-state index >= 15 is 0 Å². The van der Waals surface area contributed by atoms with Crippen LogP contribution in [0.15, 0.2) is 58.1 Å². The van der Waals surface area contributed by atoms with Gasteiger partial charge >= 0.3 is 5.69 Å². The number of aromatic nitrogens is 5. The number of ether oxygens (including phenoxy) is 1. The van der Waals surface area contributed by atoms with Crippen LogP contribution >= 0.6 is 0 Å². The molecule has 0 fully saturated rings. The van der Waals surface area contributed by atoms with Crippen molar-refractivity contribution in [3.8, 4) is 17.1 Å². The molecule has 0 aliphatic carbocycles. The van der Waals surface area contributed by atoms with Gasteiger partial charge in [0.1, 0.15) is 18.2 Å². The third-order valence-corrected chi connectivity index (χ3v) is 5.90. The lowest BCUT2D eigenvalue weighted by Gasteiger charge is -2.18. The second kappa shape index (κ2) is 10.6. The number of likely N-dealkylation sites (N-methyl/N-ethyl adjacent to an activating group) is 1. The van der Waals surface area contributed by atoms with Crippen molar-refractivity contribution in [2.75, 3.05) is 26.2 Å². The van der Waals surface area contributed by atoms with Gasteiger partial charge in [-0.3, -0.25) is 13.9 Å². The molecule has 2 aromatic heterocycles. The zero-order valence-electron chi connectivity index (χ0n) is 19.9. The smallest absolute Gasteiger partial charge is 0.332 e. The lowest BCUT2D eigenvalue weighted by Crippen LogP contribution is -2.39. The largest absolute Gasteiger partial charge is 0.492 e. The van der Waals surface area contributed by atoms with Gasteiger partial charge in [0.15, 0.2) is 17.0 Å². The van der Waals surface area contributed by atoms with Crippen LogP contribution in [0.25, 0.3) is 22.6 Å². The molecule has 0 amide bonds. The molecule has 0 atom stereocenters. The lowest BCUT2D eigenvalue weighted by molar-refractivity contribution is 0.223. The number of rotatable bonds is 9. The maximum Gasteiger partial charge on any atom is 0.332 e. The Kier molecular flexibility index (Phi) is 7.31. The van der Waals surface area contributed by atoms with E-state index in [0.29, 0.717) is 17.9 Å². The van der Waals surface area contributed by atoms with E-state index in [1.165, 1.54) is 17.7 Å². The predicted octanol–water partition coefficient (Wildman–Crippen LogP) is 2.46. The van der Waals surface area contributed by atoms with E-state index in [1.54, 1.807) is 30.3 Å². The number of halogens is 1. The standard InChI is InChI=1S/C25H27FN6O3/c1-4-31(5-2)13-14-35-19-11-8-10-17(15-19)22-27-21-23(29-28-22)32(25(34)30(3)24(21)33)16-18-9-6-7-12-20(18)26/h6-12,15H,4-5,13-14,16H2,1-3H3. The van der Waals surface area contributed by atoms with Gasteiger partial charge in [-0.2, -0.15) is 0 Å². The summed E-state index contributed by atoms with van der Waals surface area (Å²) in [6.45, 7) is 7.34. The topological polar surface area (TPSA) is 95.1 Å². The minimum atomic E-state index is -0.627. The lowest BCUT2D eigenvalue weighted by atomic mass is 10.2. The fraction of sp³-hybridized carbons (Fsp3) is 0.320. The molecular weight excluding hydrogens is 451 g/mol. The summed E-state index contributed by atoms with van der Waals surface area (Å²) >= 11 is 0. The molecule has 0 saturated carbocycles. The van der Waals surface area contributed by atoms with Gasteiger partial charge < -0.3 is 9.64 Å². The van der Waals surface area contributed by atoms with Crippen LogP contribution in [0.3, 0.4) is 0 Å². The molecule has 2 aromatic carbocycles. The Balaban J connectivity index is 1.69. The minimum absolute atomic E-state index is 0.00303. The molecule has 0 aliphatic rings. The first-order valence-corrected chi connectivity index (χ1v) is 11.5. The molecule has 9 nitrogen and oxygen atoms in total. The summed E-state index contributed by atoms with van der Waals surface area (Å²) in [7, 11) is 1.36. The normalized spacial score (nSPS) is 11.3. The van der Waals surface area contributed by atoms with Crippen LogP contribution in [0.4, 0.5) is 4.39 Å². The molecule has 2 heterocycles. The predicted molar refractivity (Wildman–Crippen MR) is 131 cm³/mol. The fourth-order valence-corrected chi connectivity index (χ4v) is 3.78. The molecule has 10 heteroatoms. The van der Waals surface area contributed by atoms with Crippen LogP contribution in [0.2, 0.25) is 0 Å². The van der Waals surface area contributed by atoms with Crippen molar-refractivity contribution < 1.29 is 9.13 Å². The van der Waals surface area contributed by atoms with Crippen molar-refractivity contribution in [1.29, 1.82) is 0 Å². The average Bonchev–Trinajstić information content (AvgIpc) is 2.89. The number of hydrogen-bond acceptors (Lipinski definition) is 7. The van der Waals surface area contributed by atoms with Crippen LogP contribution in [-0.2, 0) is 13.6 Å². The molecule has 0 aliphatic heterocycles. The van der Waals surface area contributed by atoms with Gasteiger partial charge in [0.25, 0.3) is 5.56 Å². The Labute approximate surface area is 201 Å². The molecule has 0 radical (unpaired) electrons. The first kappa shape index (κ1) is 24.2. The highest BCUT2D eigenvalue weighted by Crippen LogP contribution is 2.21. The molecule has 0 spiro atoms. The molecular formula is C25H27FN6O3. The summed E-state index contributed by atoms with van der Waals surface area (Å²) in [5, 5.41) is 8.31. The third-order valence-electron chi connectivity index (χ3n) is 5.90. The second-order valence-corrected chi connectivity index (χ2v) is 8.04. The van der Waals surface area contributed by atoms with Gasteiger partial charge in [-0.15, -0.1) is 10.2 Å². The molecule has 0 saturated heterocycles. The quantitative estimate of drug-likeness (QED) is 0.365. The van der Waals surface area contributed by atoms with Gasteiger partial charge in [0.2, 0.25) is 0 Å². The van der Waals surface area contributed by atoms with E-state index in [9.17, 15) is 14.0 Å². The van der Waals surface area contributed by atoms with Crippen molar-refractivity contribution in [3.05, 3.63) is 80.7 Å². The van der Waals surface area contributed by atoms with E-state index in [2.05, 4.69) is 33.9 Å². The highest BCUT2D eigenvalue weighted by atomic mass is 19.1. The van der Waals surface area contributed by atoms with E-state index in [0.717, 1.165) is 24.2 Å². The van der Waals surface area contributed by atoms with Crippen molar-refractivity contribution in [2.45, 2.75) is 20.4 Å². The summed E-state index contributed by atoms with van der Waals surface area (Å²) < 4.78 is 22.3. The zero-order chi connectivity index (χ0) is 24.9. The molecule has 0 unspecified atom stereocenters. The van der Waals surface area contributed by atoms with E-state index in [-0.39, 0.29) is 29.1 Å². The van der Waals surface area contributed by atoms with Gasteiger partial charge in [0.05, 0.1) is 6.54 Å². The number of benzene rings is 2. The monoisotopic (exact) mass is 478 g/mol. The van der Waals surface area contributed by atoms with Gasteiger partial charge in [-0.1, -0.05) is 44.2 Å². The Hall–Kier alpha value is -3.92. The van der Waals surface area contributed by atoms with Crippen molar-refractivity contribution in [2.24, 2.45) is 7.05 Å². The van der Waals surface area contributed by atoms with Crippen LogP contribution in [0.5, 0.6) is 5.75 Å². The van der Waals surface area contributed by atoms with Crippen LogP contribution in [-0.4, -0.2) is 55.5 Å². The molecule has 182 valence electrons. The number of fused-ring (bicyclic) bond motifs is 1. The number of hydrogen-bond donors (Lipinski definition) is 0. The van der Waals surface area contributed by atoms with Gasteiger partial charge in [0, 0.05) is 24.7 Å². The highest BCUT2D eigenvalue weighted by Gasteiger charge is 2.17. The molecule has 0 N–H and O–H groups in total. The first-order chi connectivity index (χ1) is 16.9. The van der Waals surface area contributed by atoms with Crippen LogP contribution < -0.4 is 16.0 Å². The molecule has 4 rings (SSSR count). The van der Waals surface area contributed by atoms with Crippen LogP contribution in [0.1, 0.15) is 19.4 Å².